The van der Waals surface area contributed by atoms with Gasteiger partial charge in [-0.15, -0.1) is 0 Å². The topological polar surface area (TPSA) is 89.8 Å². The molecule has 1 saturated carbocycles. The fraction of sp³-hybridized carbons (Fsp3) is 0.562. The van der Waals surface area contributed by atoms with Crippen LogP contribution in [0, 0.1) is 12.8 Å². The van der Waals surface area contributed by atoms with Gasteiger partial charge in [0.15, 0.2) is 5.11 Å². The lowest BCUT2D eigenvalue weighted by molar-refractivity contribution is 0.280. The van der Waals surface area contributed by atoms with Gasteiger partial charge in [0.2, 0.25) is 0 Å². The zero-order chi connectivity index (χ0) is 16.8. The number of hydrogen-bond donors (Lipinski definition) is 4. The molecule has 1 heterocycles. The van der Waals surface area contributed by atoms with E-state index in [-0.39, 0.29) is 12.4 Å². The van der Waals surface area contributed by atoms with Gasteiger partial charge in [-0.05, 0) is 37.9 Å². The largest absolute Gasteiger partial charge is 0.505 e. The number of aryl methyl sites for hydroxylation is 1. The van der Waals surface area contributed by atoms with Crippen molar-refractivity contribution in [1.29, 1.82) is 0 Å². The molecule has 0 radical (unpaired) electrons. The Bertz CT molecular complexity index is 592. The molecule has 0 aromatic carbocycles. The molecule has 1 aliphatic rings. The minimum Gasteiger partial charge on any atom is -0.505 e. The average molecular weight is 336 g/mol. The van der Waals surface area contributed by atoms with Crippen LogP contribution in [-0.2, 0) is 6.61 Å². The Balaban J connectivity index is 1.96. The van der Waals surface area contributed by atoms with Crippen molar-refractivity contribution in [3.8, 4) is 5.75 Å². The number of hydrazone groups is 1. The minimum absolute atomic E-state index is 0.0156. The summed E-state index contributed by atoms with van der Waals surface area (Å²) in [4.78, 5) is 4.01. The van der Waals surface area contributed by atoms with E-state index in [2.05, 4.69) is 27.8 Å². The quantitative estimate of drug-likeness (QED) is 0.382. The van der Waals surface area contributed by atoms with Gasteiger partial charge in [-0.3, -0.25) is 10.4 Å². The van der Waals surface area contributed by atoms with Crippen LogP contribution in [0.25, 0.3) is 0 Å². The van der Waals surface area contributed by atoms with E-state index in [1.54, 1.807) is 6.92 Å². The number of nitrogens with zero attached hydrogens (tertiary/aromatic N) is 2. The van der Waals surface area contributed by atoms with Gasteiger partial charge in [-0.1, -0.05) is 19.8 Å². The van der Waals surface area contributed by atoms with Gasteiger partial charge in [0.25, 0.3) is 0 Å². The number of nitrogens with one attached hydrogen (secondary N) is 2. The molecule has 7 heteroatoms. The fourth-order valence-electron chi connectivity index (χ4n) is 2.81. The van der Waals surface area contributed by atoms with Gasteiger partial charge in [-0.2, -0.15) is 5.10 Å². The van der Waals surface area contributed by atoms with Crippen molar-refractivity contribution in [3.05, 3.63) is 23.0 Å². The van der Waals surface area contributed by atoms with E-state index in [0.717, 1.165) is 6.42 Å². The summed E-state index contributed by atoms with van der Waals surface area (Å²) in [5.74, 6) is 0.613. The molecule has 0 amide bonds. The average Bonchev–Trinajstić information content (AvgIpc) is 2.54. The number of aliphatic hydroxyl groups excluding tert-OH is 1. The van der Waals surface area contributed by atoms with Gasteiger partial charge < -0.3 is 15.5 Å². The van der Waals surface area contributed by atoms with Crippen molar-refractivity contribution >= 4 is 23.5 Å². The monoisotopic (exact) mass is 336 g/mol. The zero-order valence-electron chi connectivity index (χ0n) is 13.5. The second-order valence-corrected chi connectivity index (χ2v) is 6.41. The van der Waals surface area contributed by atoms with Crippen molar-refractivity contribution in [2.75, 3.05) is 0 Å². The minimum atomic E-state index is -0.218. The smallest absolute Gasteiger partial charge is 0.187 e. The summed E-state index contributed by atoms with van der Waals surface area (Å²) in [7, 11) is 0. The summed E-state index contributed by atoms with van der Waals surface area (Å²) in [5.41, 5.74) is 4.22. The number of rotatable bonds is 4. The van der Waals surface area contributed by atoms with E-state index >= 15 is 0 Å². The van der Waals surface area contributed by atoms with E-state index in [4.69, 9.17) is 12.2 Å². The maximum absolute atomic E-state index is 10.0. The maximum atomic E-state index is 10.0. The standard InChI is InChI=1S/C16H24N4O2S/c1-10-5-3-4-6-14(10)19-16(23)20-18-8-13-12(9-21)7-17-11(2)15(13)22/h7-8,10,14,21-22H,3-6,9H2,1-2H3,(H2,19,20,23)/b18-8+/t10-,14+/m1/s1. The molecule has 0 aliphatic heterocycles. The lowest BCUT2D eigenvalue weighted by Crippen LogP contribution is -2.44. The van der Waals surface area contributed by atoms with Gasteiger partial charge in [0.05, 0.1) is 18.5 Å². The van der Waals surface area contributed by atoms with Crippen LogP contribution in [-0.4, -0.2) is 32.6 Å². The predicted octanol–water partition coefficient (Wildman–Crippen LogP) is 1.96. The number of thiocarbonyl (C=S) groups is 1. The lowest BCUT2D eigenvalue weighted by Gasteiger charge is -2.30. The van der Waals surface area contributed by atoms with Crippen LogP contribution < -0.4 is 10.7 Å². The van der Waals surface area contributed by atoms with Crippen LogP contribution in [0.1, 0.15) is 49.4 Å². The number of aromatic hydroxyl groups is 1. The molecule has 0 unspecified atom stereocenters. The van der Waals surface area contributed by atoms with Crippen molar-refractivity contribution in [2.24, 2.45) is 11.0 Å². The third kappa shape index (κ3) is 4.62. The summed E-state index contributed by atoms with van der Waals surface area (Å²) in [6.07, 6.45) is 7.81. The van der Waals surface area contributed by atoms with E-state index in [1.807, 2.05) is 0 Å². The van der Waals surface area contributed by atoms with E-state index in [9.17, 15) is 10.2 Å². The fourth-order valence-corrected chi connectivity index (χ4v) is 3.01. The number of hydrogen-bond acceptors (Lipinski definition) is 5. The van der Waals surface area contributed by atoms with E-state index in [1.165, 1.54) is 31.7 Å². The highest BCUT2D eigenvalue weighted by Gasteiger charge is 2.21. The lowest BCUT2D eigenvalue weighted by atomic mass is 9.86. The molecule has 6 nitrogen and oxygen atoms in total. The van der Waals surface area contributed by atoms with Crippen molar-refractivity contribution < 1.29 is 10.2 Å². The molecule has 1 aromatic rings. The number of pyridine rings is 1. The molecule has 23 heavy (non-hydrogen) atoms. The second kappa shape index (κ2) is 8.21. The molecule has 1 aliphatic carbocycles. The van der Waals surface area contributed by atoms with Crippen molar-refractivity contribution in [2.45, 2.75) is 52.2 Å². The molecule has 4 N–H and O–H groups in total. The summed E-state index contributed by atoms with van der Waals surface area (Å²) in [6, 6.07) is 0.378. The molecule has 2 rings (SSSR count). The molecule has 0 spiro atoms. The first-order valence-electron chi connectivity index (χ1n) is 7.90. The van der Waals surface area contributed by atoms with E-state index in [0.29, 0.717) is 33.9 Å². The Morgan fingerprint density at radius 1 is 1.48 bits per heavy atom. The summed E-state index contributed by atoms with van der Waals surface area (Å²) >= 11 is 5.26. The maximum Gasteiger partial charge on any atom is 0.187 e. The molecular weight excluding hydrogens is 312 g/mol. The van der Waals surface area contributed by atoms with Crippen LogP contribution >= 0.6 is 12.2 Å². The van der Waals surface area contributed by atoms with Crippen LogP contribution in [0.3, 0.4) is 0 Å². The normalized spacial score (nSPS) is 21.3. The van der Waals surface area contributed by atoms with Crippen LogP contribution in [0.4, 0.5) is 0 Å². The SMILES string of the molecule is Cc1ncc(CO)c(/C=N/NC(=S)N[C@H]2CCCC[C@H]2C)c1O. The summed E-state index contributed by atoms with van der Waals surface area (Å²) in [6.45, 7) is 3.70. The highest BCUT2D eigenvalue weighted by molar-refractivity contribution is 7.80. The Hall–Kier alpha value is -1.73. The van der Waals surface area contributed by atoms with E-state index < -0.39 is 0 Å². The third-order valence-electron chi connectivity index (χ3n) is 4.32. The molecule has 1 aromatic heterocycles. The van der Waals surface area contributed by atoms with Crippen LogP contribution in [0.5, 0.6) is 5.75 Å². The molecule has 0 bridgehead atoms. The first kappa shape index (κ1) is 17.6. The Morgan fingerprint density at radius 3 is 2.91 bits per heavy atom. The van der Waals surface area contributed by atoms with Crippen molar-refractivity contribution in [1.82, 2.24) is 15.7 Å². The number of aromatic nitrogens is 1. The highest BCUT2D eigenvalue weighted by atomic mass is 32.1. The summed E-state index contributed by atoms with van der Waals surface area (Å²) in [5, 5.41) is 27.2. The predicted molar refractivity (Wildman–Crippen MR) is 94.4 cm³/mol. The first-order chi connectivity index (χ1) is 11.0. The molecular formula is C16H24N4O2S. The highest BCUT2D eigenvalue weighted by Crippen LogP contribution is 2.24. The van der Waals surface area contributed by atoms with Crippen LogP contribution in [0.15, 0.2) is 11.3 Å². The third-order valence-corrected chi connectivity index (χ3v) is 4.53. The molecule has 126 valence electrons. The van der Waals surface area contributed by atoms with Gasteiger partial charge in [0, 0.05) is 23.4 Å². The number of aliphatic hydroxyl groups is 1. The van der Waals surface area contributed by atoms with Gasteiger partial charge in [-0.25, -0.2) is 0 Å². The molecule has 1 fully saturated rings. The summed E-state index contributed by atoms with van der Waals surface area (Å²) < 4.78 is 0. The van der Waals surface area contributed by atoms with Gasteiger partial charge in [0.1, 0.15) is 5.75 Å². The first-order valence-corrected chi connectivity index (χ1v) is 8.31. The zero-order valence-corrected chi connectivity index (χ0v) is 14.4. The van der Waals surface area contributed by atoms with Gasteiger partial charge >= 0.3 is 0 Å². The van der Waals surface area contributed by atoms with Crippen molar-refractivity contribution in [3.63, 3.8) is 0 Å². The molecule has 2 atom stereocenters. The van der Waals surface area contributed by atoms with Crippen LogP contribution in [0.2, 0.25) is 0 Å². The Kier molecular flexibility index (Phi) is 6.29. The molecule has 0 saturated heterocycles. The Labute approximate surface area is 142 Å². The second-order valence-electron chi connectivity index (χ2n) is 6.00. The Morgan fingerprint density at radius 2 is 2.22 bits per heavy atom.